The van der Waals surface area contributed by atoms with E-state index in [1.807, 2.05) is 30.4 Å². The average molecular weight is 1590 g/mol. The van der Waals surface area contributed by atoms with Gasteiger partial charge >= 0.3 is 39.5 Å². The number of esters is 4. The van der Waals surface area contributed by atoms with Gasteiger partial charge in [-0.05, 0) is 180 Å². The third-order valence-corrected chi connectivity index (χ3v) is 17.4. The second kappa shape index (κ2) is 81.6. The number of carbonyl (C=O) groups excluding carboxylic acids is 4. The van der Waals surface area contributed by atoms with Crippen LogP contribution < -0.4 is 0 Å². The molecule has 112 heavy (non-hydrogen) atoms. The Hall–Kier alpha value is -7.40. The van der Waals surface area contributed by atoms with Gasteiger partial charge in [-0.2, -0.15) is 0 Å². The average Bonchev–Trinajstić information content (AvgIpc) is 0.898. The molecule has 624 valence electrons. The fourth-order valence-corrected chi connectivity index (χ4v) is 11.1. The van der Waals surface area contributed by atoms with Gasteiger partial charge in [0.1, 0.15) is 19.3 Å². The monoisotopic (exact) mass is 1590 g/mol. The molecule has 0 amide bonds. The Morgan fingerprint density at radius 1 is 0.259 bits per heavy atom. The predicted octanol–water partition coefficient (Wildman–Crippen LogP) is 24.5. The largest absolute Gasteiger partial charge is 0.472 e. The molecular weight excluding hydrogens is 1450 g/mol. The van der Waals surface area contributed by atoms with Crippen LogP contribution >= 0.6 is 15.6 Å². The summed E-state index contributed by atoms with van der Waals surface area (Å²) in [6.45, 7) is 4.08. The van der Waals surface area contributed by atoms with Gasteiger partial charge in [0.05, 0.1) is 32.8 Å². The molecule has 0 saturated carbocycles. The van der Waals surface area contributed by atoms with Crippen molar-refractivity contribution in [3.05, 3.63) is 255 Å². The molecule has 0 aromatic carbocycles. The Morgan fingerprint density at radius 2 is 0.491 bits per heavy atom. The summed E-state index contributed by atoms with van der Waals surface area (Å²) < 4.78 is 68.4. The molecule has 0 saturated heterocycles. The standard InChI is InChI=1S/C93H140O17P2/c1-5-9-13-17-21-25-29-33-37-40-43-46-50-53-57-61-65-69-73-77-90(95)103-83-88(109-92(97)79-75-71-67-63-59-55-49-36-32-28-24-20-16-12-8-4)85-107-111(99,100)105-81-87(94)82-106-112(101,102)108-86-89(110-93(98)80-76-72-68-64-60-56-52-48-45-42-39-35-31-27-23-19-15-11-7-3)84-104-91(96)78-74-70-66-62-58-54-51-47-44-41-38-34-30-26-22-18-14-10-6-2/h9-16,21-28,33-39,43-49,53-54,56-60,63,65,69,71,75,87-89,94H,5-8,17-20,29-32,40-42,50-52,55,61-62,64,66-68,70,72-74,76-86H2,1-4H3,(H,99,100)(H,101,102)/b13-9-,14-10-,15-11-,16-12-,25-21-,26-22-,27-23-,28-24-,37-33-,38-34-,39-35-,46-43-,47-44-,48-45-,49-36-,57-53-,58-54-,60-56-,63-59-,69-65-,75-71-. The zero-order chi connectivity index (χ0) is 81.7. The molecule has 0 aliphatic heterocycles. The zero-order valence-corrected chi connectivity index (χ0v) is 70.0. The van der Waals surface area contributed by atoms with Gasteiger partial charge < -0.3 is 33.8 Å². The minimum absolute atomic E-state index is 0.00351. The lowest BCUT2D eigenvalue weighted by Gasteiger charge is -2.21. The van der Waals surface area contributed by atoms with Crippen LogP contribution in [0.5, 0.6) is 0 Å². The third-order valence-electron chi connectivity index (χ3n) is 15.5. The van der Waals surface area contributed by atoms with Crippen LogP contribution in [0.1, 0.15) is 246 Å². The quantitative estimate of drug-likeness (QED) is 0.0169. The maximum Gasteiger partial charge on any atom is 0.472 e. The van der Waals surface area contributed by atoms with Gasteiger partial charge in [-0.1, -0.05) is 296 Å². The lowest BCUT2D eigenvalue weighted by molar-refractivity contribution is -0.161. The molecule has 0 aliphatic carbocycles. The van der Waals surface area contributed by atoms with Crippen LogP contribution in [-0.2, 0) is 65.4 Å². The second-order valence-electron chi connectivity index (χ2n) is 25.8. The summed E-state index contributed by atoms with van der Waals surface area (Å²) in [5.74, 6) is -2.54. The SMILES string of the molecule is CC/C=C\C/C=C\C/C=C\C/C=C\C/C=C\C/C=C\CCC(=O)OCC(COP(=O)(O)OCC(O)COP(=O)(O)OCC(COC(=O)CCCCC/C=C\C/C=C\C/C=C\C/C=C\C/C=C\CC)OC(=O)CCCCC/C=C\C/C=C\C/C=C\C/C=C\C/C=C\CC)OC(=O)C/C=C\C/C=C\C/C=C\C/C=C\C/C=C\CC. The summed E-state index contributed by atoms with van der Waals surface area (Å²) in [6, 6.07) is 0. The van der Waals surface area contributed by atoms with Gasteiger partial charge in [-0.15, -0.1) is 0 Å². The van der Waals surface area contributed by atoms with Gasteiger partial charge in [-0.3, -0.25) is 37.3 Å². The number of ether oxygens (including phenoxy) is 4. The summed E-state index contributed by atoms with van der Waals surface area (Å²) in [5.41, 5.74) is 0. The molecule has 0 radical (unpaired) electrons. The smallest absolute Gasteiger partial charge is 0.462 e. The van der Waals surface area contributed by atoms with Crippen molar-refractivity contribution in [3.63, 3.8) is 0 Å². The van der Waals surface area contributed by atoms with Crippen molar-refractivity contribution >= 4 is 39.5 Å². The Morgan fingerprint density at radius 3 is 0.786 bits per heavy atom. The zero-order valence-electron chi connectivity index (χ0n) is 68.2. The van der Waals surface area contributed by atoms with Crippen molar-refractivity contribution in [1.82, 2.24) is 0 Å². The maximum absolute atomic E-state index is 13.1. The van der Waals surface area contributed by atoms with E-state index in [9.17, 15) is 43.2 Å². The number of hydrogen-bond donors (Lipinski definition) is 3. The first-order valence-corrected chi connectivity index (χ1v) is 43.9. The highest BCUT2D eigenvalue weighted by molar-refractivity contribution is 7.47. The van der Waals surface area contributed by atoms with Gasteiger partial charge in [-0.25, -0.2) is 9.13 Å². The lowest BCUT2D eigenvalue weighted by Crippen LogP contribution is -2.30. The Kier molecular flexibility index (Phi) is 76.2. The first-order chi connectivity index (χ1) is 54.7. The fraction of sp³-hybridized carbons (Fsp3) is 0.505. The van der Waals surface area contributed by atoms with Crippen LogP contribution in [0.15, 0.2) is 255 Å². The van der Waals surface area contributed by atoms with Crippen LogP contribution in [0.3, 0.4) is 0 Å². The van der Waals surface area contributed by atoms with E-state index in [4.69, 9.17) is 37.0 Å². The van der Waals surface area contributed by atoms with Gasteiger partial charge in [0.2, 0.25) is 0 Å². The summed E-state index contributed by atoms with van der Waals surface area (Å²) >= 11 is 0. The predicted molar refractivity (Wildman–Crippen MR) is 463 cm³/mol. The van der Waals surface area contributed by atoms with E-state index in [-0.39, 0.29) is 25.7 Å². The maximum atomic E-state index is 13.1. The van der Waals surface area contributed by atoms with Crippen LogP contribution in [0.2, 0.25) is 0 Å². The van der Waals surface area contributed by atoms with Crippen LogP contribution in [0, 0.1) is 0 Å². The number of hydrogen-bond acceptors (Lipinski definition) is 15. The summed E-state index contributed by atoms with van der Waals surface area (Å²) in [6.07, 6.45) is 109. The normalized spacial score (nSPS) is 15.1. The Bertz CT molecular complexity index is 3140. The van der Waals surface area contributed by atoms with Crippen LogP contribution in [0.4, 0.5) is 0 Å². The molecule has 0 aromatic heterocycles. The molecule has 5 unspecified atom stereocenters. The number of allylic oxidation sites excluding steroid dienone is 41. The first kappa shape index (κ1) is 105. The van der Waals surface area contributed by atoms with Crippen molar-refractivity contribution in [2.24, 2.45) is 0 Å². The van der Waals surface area contributed by atoms with E-state index in [0.717, 1.165) is 161 Å². The van der Waals surface area contributed by atoms with E-state index < -0.39 is 97.5 Å². The molecule has 0 rings (SSSR count). The molecule has 19 heteroatoms. The number of aliphatic hydroxyl groups excluding tert-OH is 1. The second-order valence-corrected chi connectivity index (χ2v) is 28.8. The molecule has 17 nitrogen and oxygen atoms in total. The fourth-order valence-electron chi connectivity index (χ4n) is 9.49. The Labute approximate surface area is 675 Å². The van der Waals surface area contributed by atoms with E-state index in [0.29, 0.717) is 32.1 Å². The van der Waals surface area contributed by atoms with Crippen molar-refractivity contribution in [3.8, 4) is 0 Å². The highest BCUT2D eigenvalue weighted by Gasteiger charge is 2.30. The first-order valence-electron chi connectivity index (χ1n) is 40.9. The van der Waals surface area contributed by atoms with E-state index >= 15 is 0 Å². The number of aliphatic hydroxyl groups is 1. The molecule has 0 spiro atoms. The number of carbonyl (C=O) groups is 4. The van der Waals surface area contributed by atoms with E-state index in [2.05, 4.69) is 240 Å². The molecular formula is C93H140O17P2. The molecule has 5 atom stereocenters. The van der Waals surface area contributed by atoms with Gasteiger partial charge in [0.15, 0.2) is 12.2 Å². The molecule has 0 heterocycles. The Balaban J connectivity index is 5.61. The topological polar surface area (TPSA) is 237 Å². The minimum atomic E-state index is -5.04. The number of phosphoric acid groups is 2. The number of phosphoric ester groups is 2. The third kappa shape index (κ3) is 80.6. The van der Waals surface area contributed by atoms with Crippen LogP contribution in [0.25, 0.3) is 0 Å². The molecule has 0 aliphatic rings. The summed E-state index contributed by atoms with van der Waals surface area (Å²) in [5, 5.41) is 10.7. The number of rotatable bonds is 73. The molecule has 0 aromatic rings. The van der Waals surface area contributed by atoms with E-state index in [1.165, 1.54) is 0 Å². The molecule has 0 fully saturated rings. The number of unbranched alkanes of at least 4 members (excludes halogenated alkanes) is 6. The summed E-state index contributed by atoms with van der Waals surface area (Å²) in [4.78, 5) is 73.1. The van der Waals surface area contributed by atoms with Crippen molar-refractivity contribution in [2.75, 3.05) is 39.6 Å². The summed E-state index contributed by atoms with van der Waals surface area (Å²) in [7, 11) is -10.1. The lowest BCUT2D eigenvalue weighted by atomic mass is 10.1. The molecule has 0 bridgehead atoms. The highest BCUT2D eigenvalue weighted by Crippen LogP contribution is 2.45. The van der Waals surface area contributed by atoms with E-state index in [1.54, 1.807) is 12.2 Å². The van der Waals surface area contributed by atoms with Crippen LogP contribution in [-0.4, -0.2) is 96.7 Å². The minimum Gasteiger partial charge on any atom is -0.462 e. The van der Waals surface area contributed by atoms with Crippen molar-refractivity contribution in [2.45, 2.75) is 264 Å². The van der Waals surface area contributed by atoms with Crippen molar-refractivity contribution < 1.29 is 80.2 Å². The van der Waals surface area contributed by atoms with Crippen molar-refractivity contribution in [1.29, 1.82) is 0 Å². The van der Waals surface area contributed by atoms with Gasteiger partial charge in [0.25, 0.3) is 0 Å². The highest BCUT2D eigenvalue weighted by atomic mass is 31.2. The van der Waals surface area contributed by atoms with Gasteiger partial charge in [0, 0.05) is 19.3 Å². The molecule has 3 N–H and O–H groups in total.